The average molecular weight is 233 g/mol. The smallest absolute Gasteiger partial charge is 0.263 e. The fourth-order valence-electron chi connectivity index (χ4n) is 1.55. The first-order valence-corrected chi connectivity index (χ1v) is 5.49. The van der Waals surface area contributed by atoms with Crippen molar-refractivity contribution in [3.05, 3.63) is 29.3 Å². The lowest BCUT2D eigenvalue weighted by molar-refractivity contribution is 0.337. The summed E-state index contributed by atoms with van der Waals surface area (Å²) in [5, 5.41) is 16.6. The molecule has 2 aromatic rings. The topological polar surface area (TPSA) is 75.7 Å². The summed E-state index contributed by atoms with van der Waals surface area (Å²) in [5.41, 5.74) is 2.27. The molecule has 6 heteroatoms. The van der Waals surface area contributed by atoms with Gasteiger partial charge in [0, 0.05) is 12.1 Å². The molecular weight excluding hydrogens is 218 g/mol. The maximum Gasteiger partial charge on any atom is 0.263 e. The Bertz CT molecular complexity index is 469. The van der Waals surface area contributed by atoms with Crippen LogP contribution in [0.1, 0.15) is 18.1 Å². The zero-order valence-corrected chi connectivity index (χ0v) is 9.90. The van der Waals surface area contributed by atoms with Crippen LogP contribution in [0.3, 0.4) is 0 Å². The number of ether oxygens (including phenoxy) is 1. The van der Waals surface area contributed by atoms with Gasteiger partial charge in [-0.05, 0) is 25.1 Å². The summed E-state index contributed by atoms with van der Waals surface area (Å²) < 4.78 is 5.56. The van der Waals surface area contributed by atoms with Crippen molar-refractivity contribution in [1.82, 2.24) is 20.6 Å². The fraction of sp³-hybridized carbons (Fsp3) is 0.364. The van der Waals surface area contributed by atoms with Gasteiger partial charge in [0.1, 0.15) is 5.75 Å². The second kappa shape index (κ2) is 5.29. The number of rotatable bonds is 5. The van der Waals surface area contributed by atoms with Crippen molar-refractivity contribution >= 4 is 5.95 Å². The van der Waals surface area contributed by atoms with Crippen LogP contribution < -0.4 is 10.1 Å². The van der Waals surface area contributed by atoms with Crippen LogP contribution >= 0.6 is 0 Å². The minimum atomic E-state index is 0.481. The molecule has 0 fully saturated rings. The standard InChI is InChI=1S/C11H15N5O/c1-3-17-10-5-4-8(2)6-9(10)7-12-11-13-15-16-14-11/h4-6H,3,7H2,1-2H3,(H2,12,13,14,15,16). The van der Waals surface area contributed by atoms with Gasteiger partial charge >= 0.3 is 0 Å². The minimum Gasteiger partial charge on any atom is -0.494 e. The Morgan fingerprint density at radius 2 is 2.29 bits per heavy atom. The molecule has 0 bridgehead atoms. The van der Waals surface area contributed by atoms with Crippen LogP contribution in [0.5, 0.6) is 5.75 Å². The third-order valence-corrected chi connectivity index (χ3v) is 2.30. The van der Waals surface area contributed by atoms with Crippen LogP contribution in [0.15, 0.2) is 18.2 Å². The Kier molecular flexibility index (Phi) is 3.54. The maximum atomic E-state index is 5.56. The number of nitrogens with zero attached hydrogens (tertiary/aromatic N) is 3. The van der Waals surface area contributed by atoms with Crippen molar-refractivity contribution in [3.8, 4) is 5.75 Å². The SMILES string of the molecule is CCOc1ccc(C)cc1CNc1nn[nH]n1. The van der Waals surface area contributed by atoms with E-state index < -0.39 is 0 Å². The lowest BCUT2D eigenvalue weighted by Gasteiger charge is -2.11. The van der Waals surface area contributed by atoms with Crippen LogP contribution in [0.4, 0.5) is 5.95 Å². The van der Waals surface area contributed by atoms with Crippen molar-refractivity contribution in [2.75, 3.05) is 11.9 Å². The van der Waals surface area contributed by atoms with Gasteiger partial charge in [0.2, 0.25) is 0 Å². The average Bonchev–Trinajstić information content (AvgIpc) is 2.82. The van der Waals surface area contributed by atoms with E-state index in [1.54, 1.807) is 0 Å². The first-order valence-electron chi connectivity index (χ1n) is 5.49. The van der Waals surface area contributed by atoms with Crippen molar-refractivity contribution < 1.29 is 4.74 Å². The predicted octanol–water partition coefficient (Wildman–Crippen LogP) is 1.52. The lowest BCUT2D eigenvalue weighted by atomic mass is 10.1. The van der Waals surface area contributed by atoms with Gasteiger partial charge in [-0.1, -0.05) is 22.8 Å². The van der Waals surface area contributed by atoms with Gasteiger partial charge in [0.25, 0.3) is 5.95 Å². The van der Waals surface area contributed by atoms with E-state index in [0.717, 1.165) is 11.3 Å². The number of benzene rings is 1. The Labute approximate surface area is 99.4 Å². The van der Waals surface area contributed by atoms with E-state index in [4.69, 9.17) is 4.74 Å². The molecule has 0 aliphatic rings. The number of H-pyrrole nitrogens is 1. The molecule has 0 aliphatic carbocycles. The molecule has 1 heterocycles. The molecule has 0 radical (unpaired) electrons. The molecule has 2 N–H and O–H groups in total. The highest BCUT2D eigenvalue weighted by atomic mass is 16.5. The van der Waals surface area contributed by atoms with Gasteiger partial charge in [0.15, 0.2) is 0 Å². The summed E-state index contributed by atoms with van der Waals surface area (Å²) in [6.07, 6.45) is 0. The van der Waals surface area contributed by atoms with Gasteiger partial charge in [-0.15, -0.1) is 5.10 Å². The van der Waals surface area contributed by atoms with Crippen molar-refractivity contribution in [1.29, 1.82) is 0 Å². The highest BCUT2D eigenvalue weighted by Gasteiger charge is 2.05. The highest BCUT2D eigenvalue weighted by molar-refractivity contribution is 5.39. The number of hydrogen-bond acceptors (Lipinski definition) is 5. The summed E-state index contributed by atoms with van der Waals surface area (Å²) in [7, 11) is 0. The molecule has 0 saturated heterocycles. The molecule has 0 atom stereocenters. The third kappa shape index (κ3) is 2.93. The van der Waals surface area contributed by atoms with Crippen LogP contribution in [-0.4, -0.2) is 27.2 Å². The van der Waals surface area contributed by atoms with E-state index in [0.29, 0.717) is 19.1 Å². The largest absolute Gasteiger partial charge is 0.494 e. The summed E-state index contributed by atoms with van der Waals surface area (Å²) in [6.45, 7) is 5.28. The van der Waals surface area contributed by atoms with E-state index >= 15 is 0 Å². The van der Waals surface area contributed by atoms with Gasteiger partial charge < -0.3 is 10.1 Å². The molecular formula is C11H15N5O. The Morgan fingerprint density at radius 3 is 3.00 bits per heavy atom. The number of nitrogens with one attached hydrogen (secondary N) is 2. The maximum absolute atomic E-state index is 5.56. The zero-order chi connectivity index (χ0) is 12.1. The van der Waals surface area contributed by atoms with Gasteiger partial charge in [-0.2, -0.15) is 5.21 Å². The molecule has 17 heavy (non-hydrogen) atoms. The monoisotopic (exact) mass is 233 g/mol. The molecule has 0 unspecified atom stereocenters. The van der Waals surface area contributed by atoms with Gasteiger partial charge in [-0.25, -0.2) is 0 Å². The van der Waals surface area contributed by atoms with E-state index in [1.165, 1.54) is 5.56 Å². The van der Waals surface area contributed by atoms with E-state index in [-0.39, 0.29) is 0 Å². The second-order valence-corrected chi connectivity index (χ2v) is 3.63. The van der Waals surface area contributed by atoms with Crippen LogP contribution in [0.25, 0.3) is 0 Å². The van der Waals surface area contributed by atoms with Gasteiger partial charge in [0.05, 0.1) is 6.61 Å². The quantitative estimate of drug-likeness (QED) is 0.818. The van der Waals surface area contributed by atoms with Gasteiger partial charge in [-0.3, -0.25) is 0 Å². The zero-order valence-electron chi connectivity index (χ0n) is 9.90. The number of aromatic amines is 1. The molecule has 1 aromatic carbocycles. The Morgan fingerprint density at radius 1 is 1.41 bits per heavy atom. The van der Waals surface area contributed by atoms with E-state index in [9.17, 15) is 0 Å². The lowest BCUT2D eigenvalue weighted by Crippen LogP contribution is -2.04. The number of aromatic nitrogens is 4. The molecule has 0 amide bonds. The molecule has 1 aromatic heterocycles. The molecule has 2 rings (SSSR count). The normalized spacial score (nSPS) is 10.2. The van der Waals surface area contributed by atoms with E-state index in [2.05, 4.69) is 32.0 Å². The van der Waals surface area contributed by atoms with Crippen molar-refractivity contribution in [2.45, 2.75) is 20.4 Å². The molecule has 0 saturated carbocycles. The summed E-state index contributed by atoms with van der Waals surface area (Å²) >= 11 is 0. The highest BCUT2D eigenvalue weighted by Crippen LogP contribution is 2.20. The Hall–Kier alpha value is -2.11. The molecule has 90 valence electrons. The molecule has 0 spiro atoms. The minimum absolute atomic E-state index is 0.481. The first-order chi connectivity index (χ1) is 8.29. The van der Waals surface area contributed by atoms with Crippen LogP contribution in [0, 0.1) is 6.92 Å². The van der Waals surface area contributed by atoms with Crippen molar-refractivity contribution in [3.63, 3.8) is 0 Å². The number of anilines is 1. The Balaban J connectivity index is 2.10. The number of aryl methyl sites for hydroxylation is 1. The van der Waals surface area contributed by atoms with Crippen molar-refractivity contribution in [2.24, 2.45) is 0 Å². The summed E-state index contributed by atoms with van der Waals surface area (Å²) in [5.74, 6) is 1.36. The van der Waals surface area contributed by atoms with E-state index in [1.807, 2.05) is 26.0 Å². The number of hydrogen-bond donors (Lipinski definition) is 2. The first kappa shape index (κ1) is 11.4. The molecule has 0 aliphatic heterocycles. The fourth-order valence-corrected chi connectivity index (χ4v) is 1.55. The summed E-state index contributed by atoms with van der Waals surface area (Å²) in [6, 6.07) is 6.09. The molecule has 6 nitrogen and oxygen atoms in total. The van der Waals surface area contributed by atoms with Crippen LogP contribution in [-0.2, 0) is 6.54 Å². The third-order valence-electron chi connectivity index (χ3n) is 2.30. The second-order valence-electron chi connectivity index (χ2n) is 3.63. The summed E-state index contributed by atoms with van der Waals surface area (Å²) in [4.78, 5) is 0. The van der Waals surface area contributed by atoms with Crippen LogP contribution in [0.2, 0.25) is 0 Å². The number of tetrazole rings is 1. The predicted molar refractivity (Wildman–Crippen MR) is 63.9 cm³/mol.